The van der Waals surface area contributed by atoms with Gasteiger partial charge >= 0.3 is 0 Å². The number of aliphatic hydroxyl groups is 1. The summed E-state index contributed by atoms with van der Waals surface area (Å²) in [5.41, 5.74) is 26.5. The number of amides is 7. The highest BCUT2D eigenvalue weighted by Crippen LogP contribution is 2.09. The Bertz CT molecular complexity index is 1920. The molecule has 0 aromatic heterocycles. The molecule has 4 atom stereocenters. The fraction of sp³-hybridized carbons (Fsp3) is 0.366. The van der Waals surface area contributed by atoms with Gasteiger partial charge in [0.2, 0.25) is 35.4 Å². The lowest BCUT2D eigenvalue weighted by Gasteiger charge is -2.27. The maximum Gasteiger partial charge on any atom is 0.257 e. The van der Waals surface area contributed by atoms with Crippen LogP contribution in [0.15, 0.2) is 96.0 Å². The van der Waals surface area contributed by atoms with Gasteiger partial charge in [-0.2, -0.15) is 0 Å². The van der Waals surface area contributed by atoms with Crippen LogP contribution in [0.4, 0.5) is 0 Å². The molecule has 0 aliphatic heterocycles. The first kappa shape index (κ1) is 48.5. The minimum Gasteiger partial charge on any atom is -0.395 e. The van der Waals surface area contributed by atoms with Crippen LogP contribution in [-0.4, -0.2) is 121 Å². The lowest BCUT2D eigenvalue weighted by molar-refractivity contribution is -0.135. The third kappa shape index (κ3) is 18.7. The van der Waals surface area contributed by atoms with Crippen LogP contribution >= 0.6 is 0 Å². The molecule has 20 heteroatoms. The van der Waals surface area contributed by atoms with Crippen LogP contribution in [0.3, 0.4) is 0 Å². The van der Waals surface area contributed by atoms with Crippen molar-refractivity contribution < 1.29 is 38.7 Å². The molecule has 0 heterocycles. The van der Waals surface area contributed by atoms with Gasteiger partial charge in [-0.15, -0.1) is 0 Å². The summed E-state index contributed by atoms with van der Waals surface area (Å²) in [4.78, 5) is 95.8. The van der Waals surface area contributed by atoms with Gasteiger partial charge in [0.25, 0.3) is 5.91 Å². The monoisotopic (exact) mass is 844 g/mol. The number of rotatable bonds is 26. The maximum atomic E-state index is 14.1. The summed E-state index contributed by atoms with van der Waals surface area (Å²) in [5.74, 6) is -5.15. The minimum absolute atomic E-state index is 0.0170. The van der Waals surface area contributed by atoms with E-state index >= 15 is 0 Å². The Hall–Kier alpha value is -6.90. The zero-order valence-electron chi connectivity index (χ0n) is 33.8. The number of aliphatic hydroxyl groups excluding tert-OH is 1. The number of carbonyl (C=O) groups is 7. The summed E-state index contributed by atoms with van der Waals surface area (Å²) in [7, 11) is 0. The third-order valence-corrected chi connectivity index (χ3v) is 8.99. The molecule has 7 amide bonds. The van der Waals surface area contributed by atoms with Crippen molar-refractivity contribution in [3.63, 3.8) is 0 Å². The van der Waals surface area contributed by atoms with E-state index in [1.165, 1.54) is 0 Å². The molecule has 3 aromatic carbocycles. The highest BCUT2D eigenvalue weighted by Gasteiger charge is 2.30. The number of nitrogens with two attached hydrogens (primary N) is 4. The Morgan fingerprint density at radius 2 is 1.08 bits per heavy atom. The van der Waals surface area contributed by atoms with E-state index in [4.69, 9.17) is 22.9 Å². The first-order valence-corrected chi connectivity index (χ1v) is 19.6. The largest absolute Gasteiger partial charge is 0.395 e. The third-order valence-electron chi connectivity index (χ3n) is 8.99. The van der Waals surface area contributed by atoms with Crippen LogP contribution in [-0.2, 0) is 52.8 Å². The Morgan fingerprint density at radius 1 is 0.607 bits per heavy atom. The minimum atomic E-state index is -1.26. The molecule has 0 saturated carbocycles. The molecule has 15 N–H and O–H groups in total. The smallest absolute Gasteiger partial charge is 0.257 e. The summed E-state index contributed by atoms with van der Waals surface area (Å²) >= 11 is 0. The molecule has 61 heavy (non-hydrogen) atoms. The van der Waals surface area contributed by atoms with Crippen molar-refractivity contribution in [2.75, 3.05) is 39.3 Å². The average Bonchev–Trinajstić information content (AvgIpc) is 3.24. The number of hydrazine groups is 1. The van der Waals surface area contributed by atoms with Gasteiger partial charge in [0, 0.05) is 32.4 Å². The second-order valence-corrected chi connectivity index (χ2v) is 13.9. The highest BCUT2D eigenvalue weighted by atomic mass is 16.3. The Morgan fingerprint density at radius 3 is 1.57 bits per heavy atom. The number of benzene rings is 3. The predicted octanol–water partition coefficient (Wildman–Crippen LogP) is -3.41. The molecule has 0 radical (unpaired) electrons. The van der Waals surface area contributed by atoms with E-state index in [-0.39, 0.29) is 57.7 Å². The fourth-order valence-corrected chi connectivity index (χ4v) is 5.95. The standard InChI is InChI=1S/C41H56N12O8/c42-24-34(55)47-25-35(56)48-33(23-29-15-8-3-9-16-29)40(61)52-53(19-20-54)26-36(57)49-32(22-28-13-6-2-7-14-28)39(60)50-30(17-10-18-46-41(44)45)38(59)51-31(37(43)58)21-27-11-4-1-5-12-27/h1-9,11-16,30-33,54H,10,17-26,42H2,(H2,43,58)(H,47,55)(H,48,56)(H,49,57)(H,50,60)(H,51,59)(H,52,61)(H4,44,45,46)/t30-,31-,32-,33-/m0/s1. The van der Waals surface area contributed by atoms with Crippen molar-refractivity contribution in [1.82, 2.24) is 37.0 Å². The molecule has 0 fully saturated rings. The van der Waals surface area contributed by atoms with E-state index in [2.05, 4.69) is 37.0 Å². The van der Waals surface area contributed by atoms with E-state index in [1.807, 2.05) is 0 Å². The summed E-state index contributed by atoms with van der Waals surface area (Å²) in [5, 5.41) is 23.9. The predicted molar refractivity (Wildman–Crippen MR) is 226 cm³/mol. The first-order valence-electron chi connectivity index (χ1n) is 19.6. The van der Waals surface area contributed by atoms with E-state index in [0.29, 0.717) is 11.1 Å². The van der Waals surface area contributed by atoms with Gasteiger partial charge in [-0.1, -0.05) is 91.0 Å². The number of nitrogens with one attached hydrogen (secondary N) is 6. The van der Waals surface area contributed by atoms with Crippen molar-refractivity contribution in [2.45, 2.75) is 56.3 Å². The number of primary amides is 1. The summed E-state index contributed by atoms with van der Waals surface area (Å²) < 4.78 is 0. The van der Waals surface area contributed by atoms with Gasteiger partial charge in [0.15, 0.2) is 5.96 Å². The molecule has 0 bridgehead atoms. The molecule has 3 aromatic rings. The molecule has 0 spiro atoms. The lowest BCUT2D eigenvalue weighted by atomic mass is 10.0. The molecule has 3 rings (SSSR count). The number of carbonyl (C=O) groups excluding carboxylic acids is 7. The maximum absolute atomic E-state index is 14.1. The Balaban J connectivity index is 1.81. The molecule has 20 nitrogen and oxygen atoms in total. The average molecular weight is 845 g/mol. The molecule has 0 saturated heterocycles. The number of nitrogens with zero attached hydrogens (tertiary/aromatic N) is 2. The summed E-state index contributed by atoms with van der Waals surface area (Å²) in [6, 6.07) is 21.7. The van der Waals surface area contributed by atoms with Crippen molar-refractivity contribution in [2.24, 2.45) is 27.9 Å². The molecule has 0 unspecified atom stereocenters. The van der Waals surface area contributed by atoms with E-state index in [0.717, 1.165) is 10.6 Å². The summed E-state index contributed by atoms with van der Waals surface area (Å²) in [6.45, 7) is -1.92. The quantitative estimate of drug-likeness (QED) is 0.0163. The lowest BCUT2D eigenvalue weighted by Crippen LogP contribution is -2.59. The fourth-order valence-electron chi connectivity index (χ4n) is 5.95. The van der Waals surface area contributed by atoms with Crippen molar-refractivity contribution in [3.8, 4) is 0 Å². The SMILES string of the molecule is NCC(=O)NCC(=O)N[C@@H](Cc1ccccc1)C(=O)NN(CCO)CC(=O)N[C@@H](Cc1ccccc1)C(=O)N[C@@H](CCCN=C(N)N)C(=O)N[C@@H](Cc1ccccc1)C(N)=O. The van der Waals surface area contributed by atoms with Gasteiger partial charge in [-0.3, -0.25) is 44.0 Å². The van der Waals surface area contributed by atoms with Gasteiger partial charge in [0.05, 0.1) is 26.2 Å². The molecule has 328 valence electrons. The van der Waals surface area contributed by atoms with Crippen LogP contribution in [0.25, 0.3) is 0 Å². The van der Waals surface area contributed by atoms with Gasteiger partial charge in [-0.05, 0) is 29.5 Å². The second-order valence-electron chi connectivity index (χ2n) is 13.9. The number of guanidine groups is 1. The topological polar surface area (TPSA) is 332 Å². The Labute approximate surface area is 353 Å². The van der Waals surface area contributed by atoms with E-state index in [1.54, 1.807) is 91.0 Å². The van der Waals surface area contributed by atoms with Crippen LogP contribution in [0.1, 0.15) is 29.5 Å². The summed E-state index contributed by atoms with van der Waals surface area (Å²) in [6.07, 6.45) is 0.394. The van der Waals surface area contributed by atoms with Crippen molar-refractivity contribution in [1.29, 1.82) is 0 Å². The van der Waals surface area contributed by atoms with Crippen molar-refractivity contribution >= 4 is 47.3 Å². The van der Waals surface area contributed by atoms with Gasteiger partial charge in [-0.25, -0.2) is 5.01 Å². The highest BCUT2D eigenvalue weighted by molar-refractivity contribution is 5.95. The first-order chi connectivity index (χ1) is 29.3. The zero-order chi connectivity index (χ0) is 44.6. The molecule has 0 aliphatic carbocycles. The second kappa shape index (κ2) is 26.3. The van der Waals surface area contributed by atoms with Gasteiger partial charge < -0.3 is 54.6 Å². The van der Waals surface area contributed by atoms with Crippen molar-refractivity contribution in [3.05, 3.63) is 108 Å². The normalized spacial score (nSPS) is 12.7. The number of hydrogen-bond donors (Lipinski definition) is 11. The molecular weight excluding hydrogens is 789 g/mol. The van der Waals surface area contributed by atoms with E-state index < -0.39 is 85.2 Å². The van der Waals surface area contributed by atoms with E-state index in [9.17, 15) is 38.7 Å². The van der Waals surface area contributed by atoms with Crippen LogP contribution in [0.5, 0.6) is 0 Å². The number of hydrogen-bond acceptors (Lipinski definition) is 11. The van der Waals surface area contributed by atoms with Crippen LogP contribution in [0.2, 0.25) is 0 Å². The Kier molecular flexibility index (Phi) is 20.9. The van der Waals surface area contributed by atoms with Crippen LogP contribution < -0.4 is 54.9 Å². The zero-order valence-corrected chi connectivity index (χ0v) is 33.8. The van der Waals surface area contributed by atoms with Crippen LogP contribution in [0, 0.1) is 0 Å². The number of aliphatic imine (C=N–C) groups is 1. The molecule has 0 aliphatic rings. The molecular formula is C41H56N12O8. The van der Waals surface area contributed by atoms with Gasteiger partial charge in [0.1, 0.15) is 24.2 Å².